The predicted octanol–water partition coefficient (Wildman–Crippen LogP) is 2.57. The van der Waals surface area contributed by atoms with Crippen molar-refractivity contribution >= 4 is 12.6 Å². The van der Waals surface area contributed by atoms with E-state index in [4.69, 9.17) is 9.47 Å². The predicted molar refractivity (Wildman–Crippen MR) is 68.4 cm³/mol. The third kappa shape index (κ3) is 2.92. The van der Waals surface area contributed by atoms with Crippen molar-refractivity contribution in [3.63, 3.8) is 0 Å². The molecule has 1 heterocycles. The number of ether oxygens (including phenoxy) is 2. The lowest BCUT2D eigenvalue weighted by atomic mass is 9.93. The molecule has 1 aromatic carbocycles. The Morgan fingerprint density at radius 2 is 2.12 bits per heavy atom. The number of benzene rings is 1. The number of methoxy groups -OCH3 is 1. The van der Waals surface area contributed by atoms with E-state index in [1.165, 1.54) is 5.56 Å². The molecule has 1 saturated heterocycles. The van der Waals surface area contributed by atoms with E-state index in [0.717, 1.165) is 31.8 Å². The first-order valence-corrected chi connectivity index (χ1v) is 6.20. The molecule has 1 aliphatic rings. The number of thiol groups is 1. The minimum absolute atomic E-state index is 0.468. The maximum atomic E-state index is 5.50. The van der Waals surface area contributed by atoms with Gasteiger partial charge in [-0.2, -0.15) is 12.6 Å². The minimum Gasteiger partial charge on any atom is -0.497 e. The van der Waals surface area contributed by atoms with Crippen LogP contribution >= 0.6 is 12.6 Å². The van der Waals surface area contributed by atoms with Gasteiger partial charge in [-0.15, -0.1) is 0 Å². The van der Waals surface area contributed by atoms with E-state index in [0.29, 0.717) is 11.2 Å². The van der Waals surface area contributed by atoms with Gasteiger partial charge in [0.2, 0.25) is 0 Å². The second-order valence-corrected chi connectivity index (χ2v) is 4.91. The zero-order valence-electron chi connectivity index (χ0n) is 9.56. The van der Waals surface area contributed by atoms with Crippen LogP contribution in [0.2, 0.25) is 0 Å². The van der Waals surface area contributed by atoms with E-state index in [1.54, 1.807) is 7.11 Å². The molecule has 1 fully saturated rings. The van der Waals surface area contributed by atoms with E-state index < -0.39 is 0 Å². The SMILES string of the molecule is COc1ccc(C[C@H]2COCC[C@@H]2S)cc1. The molecule has 1 aliphatic heterocycles. The number of rotatable bonds is 3. The fraction of sp³-hybridized carbons (Fsp3) is 0.538. The van der Waals surface area contributed by atoms with Crippen LogP contribution in [0.3, 0.4) is 0 Å². The first kappa shape index (κ1) is 11.8. The number of hydrogen-bond donors (Lipinski definition) is 1. The smallest absolute Gasteiger partial charge is 0.118 e. The van der Waals surface area contributed by atoms with Gasteiger partial charge in [0.15, 0.2) is 0 Å². The van der Waals surface area contributed by atoms with Gasteiger partial charge < -0.3 is 9.47 Å². The normalized spacial score (nSPS) is 25.4. The van der Waals surface area contributed by atoms with Gasteiger partial charge >= 0.3 is 0 Å². The maximum absolute atomic E-state index is 5.50. The van der Waals surface area contributed by atoms with Crippen LogP contribution in [0.5, 0.6) is 5.75 Å². The molecule has 2 rings (SSSR count). The Kier molecular flexibility index (Phi) is 4.13. The lowest BCUT2D eigenvalue weighted by Gasteiger charge is -2.28. The van der Waals surface area contributed by atoms with Gasteiger partial charge in [-0.3, -0.25) is 0 Å². The third-order valence-electron chi connectivity index (χ3n) is 3.09. The molecule has 0 radical (unpaired) electrons. The van der Waals surface area contributed by atoms with Crippen molar-refractivity contribution in [2.24, 2.45) is 5.92 Å². The van der Waals surface area contributed by atoms with Gasteiger partial charge in [-0.1, -0.05) is 12.1 Å². The summed E-state index contributed by atoms with van der Waals surface area (Å²) in [6.07, 6.45) is 2.10. The molecule has 0 spiro atoms. The molecule has 0 bridgehead atoms. The van der Waals surface area contributed by atoms with Crippen molar-refractivity contribution in [1.29, 1.82) is 0 Å². The topological polar surface area (TPSA) is 18.5 Å². The molecule has 0 unspecified atom stereocenters. The highest BCUT2D eigenvalue weighted by Gasteiger charge is 2.22. The highest BCUT2D eigenvalue weighted by atomic mass is 32.1. The Balaban J connectivity index is 1.96. The molecule has 1 aromatic rings. The quantitative estimate of drug-likeness (QED) is 0.816. The Bertz CT molecular complexity index is 323. The Morgan fingerprint density at radius 1 is 1.38 bits per heavy atom. The van der Waals surface area contributed by atoms with Crippen LogP contribution < -0.4 is 4.74 Å². The lowest BCUT2D eigenvalue weighted by molar-refractivity contribution is 0.0596. The van der Waals surface area contributed by atoms with Crippen molar-refractivity contribution in [3.8, 4) is 5.75 Å². The molecule has 0 aliphatic carbocycles. The highest BCUT2D eigenvalue weighted by Crippen LogP contribution is 2.24. The second kappa shape index (κ2) is 5.60. The van der Waals surface area contributed by atoms with Gasteiger partial charge in [-0.05, 0) is 36.5 Å². The van der Waals surface area contributed by atoms with Crippen molar-refractivity contribution in [2.45, 2.75) is 18.1 Å². The molecule has 88 valence electrons. The van der Waals surface area contributed by atoms with Crippen LogP contribution in [0.4, 0.5) is 0 Å². The first-order valence-electron chi connectivity index (χ1n) is 5.68. The van der Waals surface area contributed by atoms with Gasteiger partial charge in [0.05, 0.1) is 13.7 Å². The zero-order chi connectivity index (χ0) is 11.4. The maximum Gasteiger partial charge on any atom is 0.118 e. The Morgan fingerprint density at radius 3 is 2.75 bits per heavy atom. The Labute approximate surface area is 102 Å². The summed E-state index contributed by atoms with van der Waals surface area (Å²) in [4.78, 5) is 0. The van der Waals surface area contributed by atoms with Gasteiger partial charge in [-0.25, -0.2) is 0 Å². The summed E-state index contributed by atoms with van der Waals surface area (Å²) in [5, 5.41) is 0.468. The monoisotopic (exact) mass is 238 g/mol. The summed E-state index contributed by atoms with van der Waals surface area (Å²) in [5.74, 6) is 1.44. The van der Waals surface area contributed by atoms with Crippen molar-refractivity contribution < 1.29 is 9.47 Å². The standard InChI is InChI=1S/C13H18O2S/c1-14-12-4-2-10(3-5-12)8-11-9-15-7-6-13(11)16/h2-5,11,13,16H,6-9H2,1H3/t11-,13-/m0/s1. The molecule has 3 heteroatoms. The van der Waals surface area contributed by atoms with Crippen molar-refractivity contribution in [1.82, 2.24) is 0 Å². The minimum atomic E-state index is 0.468. The van der Waals surface area contributed by atoms with Gasteiger partial charge in [0.1, 0.15) is 5.75 Å². The fourth-order valence-electron chi connectivity index (χ4n) is 2.04. The van der Waals surface area contributed by atoms with E-state index in [-0.39, 0.29) is 0 Å². The summed E-state index contributed by atoms with van der Waals surface area (Å²) >= 11 is 4.62. The molecular formula is C13H18O2S. The molecular weight excluding hydrogens is 220 g/mol. The highest BCUT2D eigenvalue weighted by molar-refractivity contribution is 7.81. The van der Waals surface area contributed by atoms with Gasteiger partial charge in [0.25, 0.3) is 0 Å². The summed E-state index contributed by atoms with van der Waals surface area (Å²) in [6, 6.07) is 8.25. The van der Waals surface area contributed by atoms with Crippen LogP contribution in [-0.2, 0) is 11.2 Å². The molecule has 0 saturated carbocycles. The summed E-state index contributed by atoms with van der Waals surface area (Å²) < 4.78 is 10.6. The largest absolute Gasteiger partial charge is 0.497 e. The second-order valence-electron chi connectivity index (χ2n) is 4.24. The van der Waals surface area contributed by atoms with Crippen LogP contribution in [0.15, 0.2) is 24.3 Å². The van der Waals surface area contributed by atoms with Crippen molar-refractivity contribution in [2.75, 3.05) is 20.3 Å². The van der Waals surface area contributed by atoms with Crippen LogP contribution in [0.1, 0.15) is 12.0 Å². The number of hydrogen-bond acceptors (Lipinski definition) is 3. The van der Waals surface area contributed by atoms with Crippen LogP contribution in [0, 0.1) is 5.92 Å². The third-order valence-corrected chi connectivity index (χ3v) is 3.77. The van der Waals surface area contributed by atoms with Crippen molar-refractivity contribution in [3.05, 3.63) is 29.8 Å². The van der Waals surface area contributed by atoms with E-state index in [1.807, 2.05) is 12.1 Å². The molecule has 2 nitrogen and oxygen atoms in total. The summed E-state index contributed by atoms with van der Waals surface area (Å²) in [5.41, 5.74) is 1.33. The van der Waals surface area contributed by atoms with E-state index in [2.05, 4.69) is 24.8 Å². The molecule has 0 aromatic heterocycles. The average Bonchev–Trinajstić information content (AvgIpc) is 2.33. The zero-order valence-corrected chi connectivity index (χ0v) is 10.5. The molecule has 2 atom stereocenters. The van der Waals surface area contributed by atoms with Crippen LogP contribution in [-0.4, -0.2) is 25.6 Å². The molecule has 16 heavy (non-hydrogen) atoms. The average molecular weight is 238 g/mol. The van der Waals surface area contributed by atoms with E-state index >= 15 is 0 Å². The first-order chi connectivity index (χ1) is 7.79. The molecule has 0 amide bonds. The lowest BCUT2D eigenvalue weighted by Crippen LogP contribution is -2.29. The molecule has 0 N–H and O–H groups in total. The van der Waals surface area contributed by atoms with Crippen LogP contribution in [0.25, 0.3) is 0 Å². The van der Waals surface area contributed by atoms with E-state index in [9.17, 15) is 0 Å². The Hall–Kier alpha value is -0.670. The van der Waals surface area contributed by atoms with Gasteiger partial charge in [0, 0.05) is 11.9 Å². The summed E-state index contributed by atoms with van der Waals surface area (Å²) in [7, 11) is 1.69. The fourth-order valence-corrected chi connectivity index (χ4v) is 2.34. The summed E-state index contributed by atoms with van der Waals surface area (Å²) in [6.45, 7) is 1.69.